The van der Waals surface area contributed by atoms with E-state index in [4.69, 9.17) is 5.84 Å². The van der Waals surface area contributed by atoms with Crippen LogP contribution in [-0.2, 0) is 10.0 Å². The fourth-order valence-electron chi connectivity index (χ4n) is 1.76. The summed E-state index contributed by atoms with van der Waals surface area (Å²) in [6.07, 6.45) is 1.43. The largest absolute Gasteiger partial charge is 0.321 e. The minimum Gasteiger partial charge on any atom is -0.321 e. The molecule has 0 bridgehead atoms. The maximum absolute atomic E-state index is 12.6. The minimum atomic E-state index is -3.72. The molecule has 2 rings (SSSR count). The number of aromatic nitrogens is 1. The first-order chi connectivity index (χ1) is 9.48. The highest BCUT2D eigenvalue weighted by molar-refractivity contribution is 7.89. The van der Waals surface area contributed by atoms with Crippen molar-refractivity contribution in [3.63, 3.8) is 0 Å². The van der Waals surface area contributed by atoms with Crippen LogP contribution in [0.1, 0.15) is 17.8 Å². The number of anilines is 1. The van der Waals surface area contributed by atoms with Gasteiger partial charge in [-0.15, -0.1) is 11.3 Å². The normalized spacial score (nSPS) is 13.4. The number of hydrogen-bond donors (Lipinski definition) is 2. The molecule has 0 aliphatic heterocycles. The van der Waals surface area contributed by atoms with E-state index in [1.54, 1.807) is 12.1 Å². The molecule has 3 N–H and O–H groups in total. The van der Waals surface area contributed by atoms with Gasteiger partial charge in [0.05, 0.1) is 11.7 Å². The topological polar surface area (TPSA) is 88.3 Å². The standard InChI is InChI=1S/C12H16N4O2S2/c1-9(11-6-4-8-19-11)16(2)20(17,18)12-10(15-13)5-3-7-14-12/h3-9,15H,13H2,1-2H3. The second kappa shape index (κ2) is 5.88. The first kappa shape index (κ1) is 14.9. The van der Waals surface area contributed by atoms with E-state index in [2.05, 4.69) is 10.4 Å². The van der Waals surface area contributed by atoms with Gasteiger partial charge in [0.2, 0.25) is 0 Å². The lowest BCUT2D eigenvalue weighted by Crippen LogP contribution is -2.31. The average Bonchev–Trinajstić information content (AvgIpc) is 2.99. The van der Waals surface area contributed by atoms with E-state index in [9.17, 15) is 8.42 Å². The molecule has 1 atom stereocenters. The van der Waals surface area contributed by atoms with Gasteiger partial charge < -0.3 is 5.43 Å². The molecule has 2 heterocycles. The number of pyridine rings is 1. The Morgan fingerprint density at radius 2 is 2.15 bits per heavy atom. The van der Waals surface area contributed by atoms with Crippen LogP contribution in [-0.4, -0.2) is 24.8 Å². The molecule has 0 spiro atoms. The molecule has 0 aromatic carbocycles. The molecule has 6 nitrogen and oxygen atoms in total. The number of nitrogen functional groups attached to an aromatic ring is 1. The Morgan fingerprint density at radius 1 is 1.40 bits per heavy atom. The van der Waals surface area contributed by atoms with Crippen LogP contribution < -0.4 is 11.3 Å². The zero-order valence-corrected chi connectivity index (χ0v) is 12.8. The number of sulfonamides is 1. The average molecular weight is 312 g/mol. The number of rotatable bonds is 5. The van der Waals surface area contributed by atoms with Crippen LogP contribution in [0.5, 0.6) is 0 Å². The summed E-state index contributed by atoms with van der Waals surface area (Å²) in [6.45, 7) is 1.84. The van der Waals surface area contributed by atoms with Crippen molar-refractivity contribution in [2.45, 2.75) is 18.0 Å². The Hall–Kier alpha value is -1.48. The van der Waals surface area contributed by atoms with Crippen molar-refractivity contribution in [3.8, 4) is 0 Å². The van der Waals surface area contributed by atoms with Crippen LogP contribution in [0.25, 0.3) is 0 Å². The van der Waals surface area contributed by atoms with E-state index in [1.165, 1.54) is 28.9 Å². The Morgan fingerprint density at radius 3 is 2.75 bits per heavy atom. The van der Waals surface area contributed by atoms with Crippen molar-refractivity contribution in [1.29, 1.82) is 0 Å². The molecule has 8 heteroatoms. The molecule has 0 aliphatic rings. The summed E-state index contributed by atoms with van der Waals surface area (Å²) in [7, 11) is -2.18. The third-order valence-corrected chi connectivity index (χ3v) is 5.98. The molecule has 108 valence electrons. The summed E-state index contributed by atoms with van der Waals surface area (Å²) in [5.74, 6) is 5.35. The molecule has 1 unspecified atom stereocenters. The van der Waals surface area contributed by atoms with Crippen LogP contribution in [0.15, 0.2) is 40.9 Å². The smallest absolute Gasteiger partial charge is 0.263 e. The number of nitrogens with zero attached hydrogens (tertiary/aromatic N) is 2. The molecule has 0 saturated carbocycles. The van der Waals surface area contributed by atoms with Crippen LogP contribution in [0.3, 0.4) is 0 Å². The van der Waals surface area contributed by atoms with Gasteiger partial charge in [0.15, 0.2) is 5.03 Å². The minimum absolute atomic E-state index is 0.0755. The van der Waals surface area contributed by atoms with Crippen molar-refractivity contribution in [2.75, 3.05) is 12.5 Å². The number of thiophene rings is 1. The van der Waals surface area contributed by atoms with Crippen molar-refractivity contribution in [3.05, 3.63) is 40.7 Å². The number of hydrogen-bond acceptors (Lipinski definition) is 6. The summed E-state index contributed by atoms with van der Waals surface area (Å²) in [4.78, 5) is 4.90. The van der Waals surface area contributed by atoms with Gasteiger partial charge in [-0.05, 0) is 30.5 Å². The van der Waals surface area contributed by atoms with Gasteiger partial charge in [0.25, 0.3) is 10.0 Å². The molecule has 0 fully saturated rings. The maximum atomic E-state index is 12.6. The Labute approximate surface area is 122 Å². The highest BCUT2D eigenvalue weighted by Crippen LogP contribution is 2.29. The fraction of sp³-hybridized carbons (Fsp3) is 0.250. The highest BCUT2D eigenvalue weighted by Gasteiger charge is 2.30. The lowest BCUT2D eigenvalue weighted by molar-refractivity contribution is 0.401. The zero-order valence-electron chi connectivity index (χ0n) is 11.1. The van der Waals surface area contributed by atoms with Gasteiger partial charge in [-0.2, -0.15) is 4.31 Å². The number of nitrogens with one attached hydrogen (secondary N) is 1. The summed E-state index contributed by atoms with van der Waals surface area (Å²) in [5.41, 5.74) is 2.64. The van der Waals surface area contributed by atoms with Gasteiger partial charge >= 0.3 is 0 Å². The molecule has 2 aromatic rings. The Bertz CT molecular complexity index is 671. The van der Waals surface area contributed by atoms with Crippen LogP contribution >= 0.6 is 11.3 Å². The quantitative estimate of drug-likeness (QED) is 0.649. The van der Waals surface area contributed by atoms with E-state index in [1.807, 2.05) is 24.4 Å². The monoisotopic (exact) mass is 312 g/mol. The molecule has 0 aliphatic carbocycles. The predicted molar refractivity (Wildman–Crippen MR) is 79.7 cm³/mol. The second-order valence-electron chi connectivity index (χ2n) is 4.21. The van der Waals surface area contributed by atoms with Gasteiger partial charge in [-0.3, -0.25) is 5.84 Å². The molecule has 0 radical (unpaired) electrons. The summed E-state index contributed by atoms with van der Waals surface area (Å²) >= 11 is 1.51. The number of hydrazine groups is 1. The zero-order chi connectivity index (χ0) is 14.8. The molecule has 20 heavy (non-hydrogen) atoms. The molecule has 0 amide bonds. The molecular formula is C12H16N4O2S2. The van der Waals surface area contributed by atoms with E-state index in [0.29, 0.717) is 0 Å². The predicted octanol–water partition coefficient (Wildman–Crippen LogP) is 1.81. The first-order valence-corrected chi connectivity index (χ1v) is 8.23. The Kier molecular flexibility index (Phi) is 4.39. The fourth-order valence-corrected chi connectivity index (χ4v) is 4.05. The van der Waals surface area contributed by atoms with Gasteiger partial charge in [0, 0.05) is 18.1 Å². The van der Waals surface area contributed by atoms with Crippen LogP contribution in [0.4, 0.5) is 5.69 Å². The second-order valence-corrected chi connectivity index (χ2v) is 7.11. The van der Waals surface area contributed by atoms with Crippen molar-refractivity contribution < 1.29 is 8.42 Å². The molecule has 0 saturated heterocycles. The third kappa shape index (κ3) is 2.68. The molecular weight excluding hydrogens is 296 g/mol. The van der Waals surface area contributed by atoms with Gasteiger partial charge in [-0.25, -0.2) is 13.4 Å². The van der Waals surface area contributed by atoms with Gasteiger partial charge in [-0.1, -0.05) is 6.07 Å². The van der Waals surface area contributed by atoms with Crippen molar-refractivity contribution >= 4 is 27.0 Å². The lowest BCUT2D eigenvalue weighted by Gasteiger charge is -2.23. The number of nitrogens with two attached hydrogens (primary N) is 1. The summed E-state index contributed by atoms with van der Waals surface area (Å²) < 4.78 is 26.5. The van der Waals surface area contributed by atoms with Gasteiger partial charge in [0.1, 0.15) is 0 Å². The highest BCUT2D eigenvalue weighted by atomic mass is 32.2. The molecule has 2 aromatic heterocycles. The first-order valence-electron chi connectivity index (χ1n) is 5.91. The Balaban J connectivity index is 2.39. The van der Waals surface area contributed by atoms with E-state index < -0.39 is 10.0 Å². The summed E-state index contributed by atoms with van der Waals surface area (Å²) in [6, 6.07) is 6.72. The third-order valence-electron chi connectivity index (χ3n) is 3.05. The lowest BCUT2D eigenvalue weighted by atomic mass is 10.3. The van der Waals surface area contributed by atoms with Crippen LogP contribution in [0, 0.1) is 0 Å². The SMILES string of the molecule is CC(c1cccs1)N(C)S(=O)(=O)c1ncccc1NN. The maximum Gasteiger partial charge on any atom is 0.263 e. The summed E-state index contributed by atoms with van der Waals surface area (Å²) in [5, 5.41) is 1.84. The van der Waals surface area contributed by atoms with E-state index in [0.717, 1.165) is 4.88 Å². The van der Waals surface area contributed by atoms with Crippen molar-refractivity contribution in [1.82, 2.24) is 9.29 Å². The van der Waals surface area contributed by atoms with Crippen LogP contribution in [0.2, 0.25) is 0 Å². The van der Waals surface area contributed by atoms with E-state index in [-0.39, 0.29) is 16.8 Å². The van der Waals surface area contributed by atoms with E-state index >= 15 is 0 Å². The van der Waals surface area contributed by atoms with Crippen molar-refractivity contribution in [2.24, 2.45) is 5.84 Å².